The molecule has 1 aromatic carbocycles. The van der Waals surface area contributed by atoms with E-state index in [4.69, 9.17) is 4.74 Å². The Morgan fingerprint density at radius 2 is 2.35 bits per heavy atom. The number of nitrogens with zero attached hydrogens (tertiary/aromatic N) is 3. The highest BCUT2D eigenvalue weighted by molar-refractivity contribution is 5.84. The molecule has 0 aliphatic rings. The van der Waals surface area contributed by atoms with E-state index in [0.717, 1.165) is 0 Å². The topological polar surface area (TPSA) is 128 Å². The van der Waals surface area contributed by atoms with E-state index < -0.39 is 0 Å². The van der Waals surface area contributed by atoms with E-state index in [1.54, 1.807) is 12.1 Å². The average Bonchev–Trinajstić information content (AvgIpc) is 2.94. The number of H-pyrrole nitrogens is 2. The van der Waals surface area contributed by atoms with Gasteiger partial charge >= 0.3 is 0 Å². The van der Waals surface area contributed by atoms with Crippen LogP contribution in [0, 0.1) is 0 Å². The molecule has 4 N–H and O–H groups in total. The summed E-state index contributed by atoms with van der Waals surface area (Å²) in [6.45, 7) is 2.39. The molecule has 9 heteroatoms. The number of imidazole rings is 1. The highest BCUT2D eigenvalue weighted by atomic mass is 16.5. The maximum Gasteiger partial charge on any atom is 0.276 e. The number of rotatable bonds is 5. The average molecular weight is 314 g/mol. The van der Waals surface area contributed by atoms with E-state index in [9.17, 15) is 9.90 Å². The van der Waals surface area contributed by atoms with Crippen LogP contribution in [0.4, 0.5) is 5.95 Å². The highest BCUT2D eigenvalue weighted by Crippen LogP contribution is 2.22. The lowest BCUT2D eigenvalue weighted by Crippen LogP contribution is -2.05. The van der Waals surface area contributed by atoms with Crippen molar-refractivity contribution >= 4 is 23.3 Å². The normalized spacial score (nSPS) is 11.2. The Bertz CT molecular complexity index is 914. The van der Waals surface area contributed by atoms with Gasteiger partial charge in [-0.1, -0.05) is 0 Å². The number of benzene rings is 1. The first-order valence-electron chi connectivity index (χ1n) is 6.85. The zero-order chi connectivity index (χ0) is 16.2. The van der Waals surface area contributed by atoms with Crippen molar-refractivity contribution in [3.8, 4) is 11.5 Å². The summed E-state index contributed by atoms with van der Waals surface area (Å²) in [7, 11) is 0. The van der Waals surface area contributed by atoms with Gasteiger partial charge in [0.1, 0.15) is 11.5 Å². The monoisotopic (exact) mass is 314 g/mol. The number of anilines is 1. The van der Waals surface area contributed by atoms with Gasteiger partial charge in [-0.15, -0.1) is 0 Å². The van der Waals surface area contributed by atoms with Gasteiger partial charge in [0.15, 0.2) is 11.2 Å². The summed E-state index contributed by atoms with van der Waals surface area (Å²) < 4.78 is 5.29. The summed E-state index contributed by atoms with van der Waals surface area (Å²) in [5.74, 6) is 0.896. The molecule has 0 unspecified atom stereocenters. The fourth-order valence-electron chi connectivity index (χ4n) is 1.95. The van der Waals surface area contributed by atoms with Gasteiger partial charge in [0, 0.05) is 11.6 Å². The summed E-state index contributed by atoms with van der Waals surface area (Å²) >= 11 is 0. The third kappa shape index (κ3) is 3.12. The first-order valence-corrected chi connectivity index (χ1v) is 6.85. The van der Waals surface area contributed by atoms with Crippen LogP contribution in [0.5, 0.6) is 11.5 Å². The van der Waals surface area contributed by atoms with Gasteiger partial charge in [-0.3, -0.25) is 4.79 Å². The Labute approximate surface area is 130 Å². The molecule has 0 spiro atoms. The molecule has 2 aromatic heterocycles. The molecule has 9 nitrogen and oxygen atoms in total. The Morgan fingerprint density at radius 3 is 3.09 bits per heavy atom. The van der Waals surface area contributed by atoms with Crippen LogP contribution in [0.25, 0.3) is 11.2 Å². The molecule has 0 saturated heterocycles. The second kappa shape index (κ2) is 6.18. The molecule has 23 heavy (non-hydrogen) atoms. The van der Waals surface area contributed by atoms with Crippen LogP contribution in [0.15, 0.2) is 34.4 Å². The fraction of sp³-hybridized carbons (Fsp3) is 0.143. The maximum atomic E-state index is 11.5. The van der Waals surface area contributed by atoms with Gasteiger partial charge < -0.3 is 19.8 Å². The predicted octanol–water partition coefficient (Wildman–Crippen LogP) is 1.20. The third-order valence-electron chi connectivity index (χ3n) is 2.98. The number of aromatic amines is 2. The van der Waals surface area contributed by atoms with Crippen molar-refractivity contribution < 1.29 is 9.84 Å². The summed E-state index contributed by atoms with van der Waals surface area (Å²) in [4.78, 5) is 24.7. The lowest BCUT2D eigenvalue weighted by molar-refractivity contribution is 0.337. The second-order valence-electron chi connectivity index (χ2n) is 4.54. The first kappa shape index (κ1) is 14.6. The van der Waals surface area contributed by atoms with Crippen molar-refractivity contribution in [1.82, 2.24) is 19.9 Å². The van der Waals surface area contributed by atoms with Gasteiger partial charge in [0.05, 0.1) is 19.1 Å². The quantitative estimate of drug-likeness (QED) is 0.414. The molecule has 0 radical (unpaired) electrons. The van der Waals surface area contributed by atoms with E-state index in [0.29, 0.717) is 17.9 Å². The molecule has 3 rings (SSSR count). The predicted molar refractivity (Wildman–Crippen MR) is 85.0 cm³/mol. The van der Waals surface area contributed by atoms with E-state index in [1.807, 2.05) is 6.92 Å². The largest absolute Gasteiger partial charge is 0.507 e. The molecule has 0 amide bonds. The van der Waals surface area contributed by atoms with Crippen molar-refractivity contribution in [3.05, 3.63) is 40.4 Å². The number of aromatic nitrogens is 4. The summed E-state index contributed by atoms with van der Waals surface area (Å²) in [5, 5.41) is 13.9. The smallest absolute Gasteiger partial charge is 0.276 e. The minimum absolute atomic E-state index is 0.0456. The van der Waals surface area contributed by atoms with Gasteiger partial charge in [-0.25, -0.2) is 10.4 Å². The molecule has 0 saturated carbocycles. The molecule has 0 bridgehead atoms. The van der Waals surface area contributed by atoms with Crippen LogP contribution in [0.3, 0.4) is 0 Å². The van der Waals surface area contributed by atoms with Gasteiger partial charge in [0.2, 0.25) is 5.95 Å². The Balaban J connectivity index is 1.75. The Hall–Kier alpha value is -3.36. The second-order valence-corrected chi connectivity index (χ2v) is 4.54. The van der Waals surface area contributed by atoms with Crippen molar-refractivity contribution in [3.63, 3.8) is 0 Å². The Morgan fingerprint density at radius 1 is 1.48 bits per heavy atom. The summed E-state index contributed by atoms with van der Waals surface area (Å²) in [6, 6.07) is 4.92. The number of hydrogen-bond acceptors (Lipinski definition) is 7. The van der Waals surface area contributed by atoms with Crippen LogP contribution in [0.2, 0.25) is 0 Å². The van der Waals surface area contributed by atoms with Crippen LogP contribution in [-0.2, 0) is 0 Å². The molecule has 2 heterocycles. The lowest BCUT2D eigenvalue weighted by Gasteiger charge is -2.04. The first-order chi connectivity index (χ1) is 11.2. The molecule has 118 valence electrons. The zero-order valence-electron chi connectivity index (χ0n) is 12.2. The third-order valence-corrected chi connectivity index (χ3v) is 2.98. The number of hydrogen-bond donors (Lipinski definition) is 4. The van der Waals surface area contributed by atoms with Gasteiger partial charge in [-0.2, -0.15) is 10.1 Å². The number of nitrogens with one attached hydrogen (secondary N) is 3. The van der Waals surface area contributed by atoms with Gasteiger partial charge in [-0.05, 0) is 19.1 Å². The summed E-state index contributed by atoms with van der Waals surface area (Å²) in [6.07, 6.45) is 2.70. The molecule has 0 atom stereocenters. The maximum absolute atomic E-state index is 11.5. The molecular formula is C14H14N6O3. The molecule has 0 aliphatic heterocycles. The highest BCUT2D eigenvalue weighted by Gasteiger charge is 2.06. The minimum Gasteiger partial charge on any atom is -0.507 e. The molecule has 0 aliphatic carbocycles. The number of hydrazone groups is 1. The van der Waals surface area contributed by atoms with E-state index >= 15 is 0 Å². The van der Waals surface area contributed by atoms with Crippen LogP contribution in [-0.4, -0.2) is 37.9 Å². The summed E-state index contributed by atoms with van der Waals surface area (Å²) in [5.41, 5.74) is 3.38. The molecular weight excluding hydrogens is 300 g/mol. The number of ether oxygens (including phenoxy) is 1. The molecule has 3 aromatic rings. The van der Waals surface area contributed by atoms with E-state index in [1.165, 1.54) is 18.6 Å². The van der Waals surface area contributed by atoms with Crippen molar-refractivity contribution in [2.24, 2.45) is 5.10 Å². The van der Waals surface area contributed by atoms with Crippen LogP contribution < -0.4 is 15.7 Å². The van der Waals surface area contributed by atoms with Crippen LogP contribution in [0.1, 0.15) is 12.5 Å². The van der Waals surface area contributed by atoms with Gasteiger partial charge in [0.25, 0.3) is 5.56 Å². The van der Waals surface area contributed by atoms with Crippen LogP contribution >= 0.6 is 0 Å². The van der Waals surface area contributed by atoms with Crippen molar-refractivity contribution in [2.45, 2.75) is 6.92 Å². The van der Waals surface area contributed by atoms with E-state index in [-0.39, 0.29) is 28.4 Å². The Kier molecular flexibility index (Phi) is 3.91. The number of fused-ring (bicyclic) bond motifs is 1. The van der Waals surface area contributed by atoms with Crippen molar-refractivity contribution in [2.75, 3.05) is 12.0 Å². The minimum atomic E-state index is -0.316. The SMILES string of the molecule is CCOc1ccc(C=NNc2nc3nc[nH]c(=O)c3[nH]2)c(O)c1. The number of phenols is 1. The molecule has 0 fully saturated rings. The van der Waals surface area contributed by atoms with E-state index in [2.05, 4.69) is 30.5 Å². The number of phenolic OH excluding ortho intramolecular Hbond substituents is 1. The van der Waals surface area contributed by atoms with Crippen molar-refractivity contribution in [1.29, 1.82) is 0 Å². The standard InChI is InChI=1S/C14H14N6O3/c1-2-23-9-4-3-8(10(21)5-9)6-17-20-14-18-11-12(19-14)15-7-16-13(11)22/h3-7,21H,2H2,1H3,(H3,15,16,18,19,20,22). The fourth-order valence-corrected chi connectivity index (χ4v) is 1.95. The number of aromatic hydroxyl groups is 1. The lowest BCUT2D eigenvalue weighted by atomic mass is 10.2. The zero-order valence-corrected chi connectivity index (χ0v) is 12.2.